The lowest BCUT2D eigenvalue weighted by Gasteiger charge is -2.24. The molecule has 0 radical (unpaired) electrons. The number of nitrogens with zero attached hydrogens (tertiary/aromatic N) is 2. The highest BCUT2D eigenvalue weighted by Gasteiger charge is 2.27. The molecule has 0 aromatic heterocycles. The number of nitrogens with one attached hydrogen (secondary N) is 1. The van der Waals surface area contributed by atoms with E-state index >= 15 is 0 Å². The molecule has 3 aromatic rings. The first kappa shape index (κ1) is 27.1. The third-order valence-electron chi connectivity index (χ3n) is 4.70. The zero-order valence-corrected chi connectivity index (χ0v) is 21.6. The van der Waals surface area contributed by atoms with E-state index in [1.54, 1.807) is 42.5 Å². The molecule has 0 heterocycles. The predicted octanol–water partition coefficient (Wildman–Crippen LogP) is 4.91. The van der Waals surface area contributed by atoms with Gasteiger partial charge in [-0.2, -0.15) is 5.10 Å². The maximum absolute atomic E-state index is 13.4. The highest BCUT2D eigenvalue weighted by molar-refractivity contribution is 7.92. The summed E-state index contributed by atoms with van der Waals surface area (Å²) in [6.45, 7) is 3.36. The Balaban J connectivity index is 1.80. The van der Waals surface area contributed by atoms with Crippen LogP contribution in [0.5, 0.6) is 11.5 Å². The Morgan fingerprint density at radius 2 is 1.75 bits per heavy atom. The molecule has 3 aromatic carbocycles. The molecule has 1 amide bonds. The molecule has 0 aliphatic carbocycles. The molecular weight excluding hydrogens is 525 g/mol. The van der Waals surface area contributed by atoms with Crippen molar-refractivity contribution in [1.82, 2.24) is 5.43 Å². The number of carbonyl (C=O) groups is 1. The van der Waals surface area contributed by atoms with Gasteiger partial charge in [0.15, 0.2) is 11.5 Å². The van der Waals surface area contributed by atoms with E-state index in [0.717, 1.165) is 4.31 Å². The molecule has 3 rings (SSSR count). The van der Waals surface area contributed by atoms with Crippen molar-refractivity contribution >= 4 is 51.0 Å². The minimum absolute atomic E-state index is 0.00302. The zero-order chi connectivity index (χ0) is 26.1. The van der Waals surface area contributed by atoms with Gasteiger partial charge in [-0.1, -0.05) is 54.1 Å². The molecule has 0 aliphatic rings. The van der Waals surface area contributed by atoms with Gasteiger partial charge < -0.3 is 9.47 Å². The minimum Gasteiger partial charge on any atom is -0.493 e. The Labute approximate surface area is 219 Å². The molecule has 0 unspecified atom stereocenters. The van der Waals surface area contributed by atoms with Gasteiger partial charge in [0.05, 0.1) is 23.9 Å². The second-order valence-electron chi connectivity index (χ2n) is 7.26. The fourth-order valence-corrected chi connectivity index (χ4v) is 5.04. The monoisotopic (exact) mass is 547 g/mol. The molecule has 36 heavy (non-hydrogen) atoms. The number of methoxy groups -OCH3 is 1. The fraction of sp³-hybridized carbons (Fsp3) is 0.120. The molecular formula is C25H23Cl2N3O5S. The smallest absolute Gasteiger partial charge is 0.264 e. The lowest BCUT2D eigenvalue weighted by Crippen LogP contribution is -2.39. The summed E-state index contributed by atoms with van der Waals surface area (Å²) >= 11 is 12.2. The molecule has 0 bridgehead atoms. The summed E-state index contributed by atoms with van der Waals surface area (Å²) in [5, 5.41) is 4.38. The number of halogens is 2. The fourth-order valence-electron chi connectivity index (χ4n) is 3.10. The van der Waals surface area contributed by atoms with Crippen LogP contribution in [0.25, 0.3) is 0 Å². The number of amides is 1. The molecule has 0 atom stereocenters. The molecule has 0 aliphatic heterocycles. The Kier molecular flexibility index (Phi) is 9.35. The van der Waals surface area contributed by atoms with Crippen molar-refractivity contribution < 1.29 is 22.7 Å². The summed E-state index contributed by atoms with van der Waals surface area (Å²) in [5.74, 6) is 0.324. The molecule has 1 N–H and O–H groups in total. The number of hydrazone groups is 1. The molecule has 0 saturated heterocycles. The Hall–Kier alpha value is -3.53. The van der Waals surface area contributed by atoms with Crippen LogP contribution >= 0.6 is 23.2 Å². The predicted molar refractivity (Wildman–Crippen MR) is 142 cm³/mol. The van der Waals surface area contributed by atoms with Crippen molar-refractivity contribution in [3.63, 3.8) is 0 Å². The van der Waals surface area contributed by atoms with Crippen LogP contribution in [-0.4, -0.2) is 40.8 Å². The third kappa shape index (κ3) is 7.00. The van der Waals surface area contributed by atoms with Crippen LogP contribution in [-0.2, 0) is 14.8 Å². The molecule has 188 valence electrons. The molecule has 0 fully saturated rings. The van der Waals surface area contributed by atoms with Gasteiger partial charge in [-0.25, -0.2) is 13.8 Å². The maximum atomic E-state index is 13.4. The van der Waals surface area contributed by atoms with E-state index < -0.39 is 22.5 Å². The number of benzene rings is 3. The summed E-state index contributed by atoms with van der Waals surface area (Å²) < 4.78 is 38.4. The average Bonchev–Trinajstić information content (AvgIpc) is 2.86. The first-order valence-corrected chi connectivity index (χ1v) is 12.7. The number of sulfonamides is 1. The van der Waals surface area contributed by atoms with E-state index in [1.165, 1.54) is 43.7 Å². The number of ether oxygens (including phenoxy) is 2. The molecule has 8 nitrogen and oxygen atoms in total. The van der Waals surface area contributed by atoms with Gasteiger partial charge in [0.2, 0.25) is 0 Å². The van der Waals surface area contributed by atoms with Gasteiger partial charge in [-0.15, -0.1) is 0 Å². The number of carbonyl (C=O) groups excluding carboxylic acids is 1. The lowest BCUT2D eigenvalue weighted by atomic mass is 10.2. The van der Waals surface area contributed by atoms with E-state index in [0.29, 0.717) is 23.7 Å². The van der Waals surface area contributed by atoms with Gasteiger partial charge >= 0.3 is 0 Å². The van der Waals surface area contributed by atoms with Crippen LogP contribution in [0.15, 0.2) is 89.4 Å². The van der Waals surface area contributed by atoms with E-state index in [1.807, 2.05) is 0 Å². The van der Waals surface area contributed by atoms with E-state index in [-0.39, 0.29) is 20.6 Å². The van der Waals surface area contributed by atoms with Crippen LogP contribution in [0, 0.1) is 0 Å². The second kappa shape index (κ2) is 12.4. The van der Waals surface area contributed by atoms with Crippen LogP contribution in [0.1, 0.15) is 5.56 Å². The van der Waals surface area contributed by atoms with Crippen LogP contribution in [0.2, 0.25) is 10.0 Å². The van der Waals surface area contributed by atoms with Gasteiger partial charge in [0, 0.05) is 10.0 Å². The number of hydrogen-bond acceptors (Lipinski definition) is 6. The zero-order valence-electron chi connectivity index (χ0n) is 19.2. The number of hydrogen-bond donors (Lipinski definition) is 1. The van der Waals surface area contributed by atoms with Crippen molar-refractivity contribution in [3.05, 3.63) is 95.0 Å². The lowest BCUT2D eigenvalue weighted by molar-refractivity contribution is -0.119. The Bertz CT molecular complexity index is 1350. The van der Waals surface area contributed by atoms with Crippen molar-refractivity contribution in [3.8, 4) is 11.5 Å². The molecule has 0 spiro atoms. The summed E-state index contributed by atoms with van der Waals surface area (Å²) in [5.41, 5.74) is 3.10. The first-order valence-electron chi connectivity index (χ1n) is 10.5. The van der Waals surface area contributed by atoms with Crippen LogP contribution < -0.4 is 19.2 Å². The molecule has 11 heteroatoms. The SMILES string of the molecule is C=CCOc1ccc(/C=N\NC(=O)CN(c2cc(Cl)cc(Cl)c2)S(=O)(=O)c2ccccc2)cc1OC. The highest BCUT2D eigenvalue weighted by Crippen LogP contribution is 2.30. The Morgan fingerprint density at radius 3 is 2.39 bits per heavy atom. The van der Waals surface area contributed by atoms with Crippen molar-refractivity contribution in [2.45, 2.75) is 4.90 Å². The highest BCUT2D eigenvalue weighted by atomic mass is 35.5. The van der Waals surface area contributed by atoms with Crippen molar-refractivity contribution in [2.24, 2.45) is 5.10 Å². The van der Waals surface area contributed by atoms with Crippen LogP contribution in [0.3, 0.4) is 0 Å². The van der Waals surface area contributed by atoms with Crippen molar-refractivity contribution in [1.29, 1.82) is 0 Å². The minimum atomic E-state index is -4.12. The standard InChI is InChI=1S/C25H23Cl2N3O5S/c1-3-11-35-23-10-9-18(12-24(23)34-2)16-28-29-25(31)17-30(21-14-19(26)13-20(27)15-21)36(32,33)22-7-5-4-6-8-22/h3-10,12-16H,1,11,17H2,2H3,(H,29,31)/b28-16-. The third-order valence-corrected chi connectivity index (χ3v) is 6.93. The quantitative estimate of drug-likeness (QED) is 0.209. The molecule has 0 saturated carbocycles. The van der Waals surface area contributed by atoms with E-state index in [9.17, 15) is 13.2 Å². The van der Waals surface area contributed by atoms with Gasteiger partial charge in [0.1, 0.15) is 13.2 Å². The topological polar surface area (TPSA) is 97.3 Å². The average molecular weight is 548 g/mol. The first-order chi connectivity index (χ1) is 17.2. The van der Waals surface area contributed by atoms with Gasteiger partial charge in [-0.05, 0) is 54.1 Å². The van der Waals surface area contributed by atoms with Gasteiger partial charge in [0.25, 0.3) is 15.9 Å². The largest absolute Gasteiger partial charge is 0.493 e. The number of anilines is 1. The summed E-state index contributed by atoms with van der Waals surface area (Å²) in [4.78, 5) is 12.7. The van der Waals surface area contributed by atoms with E-state index in [2.05, 4.69) is 17.1 Å². The Morgan fingerprint density at radius 1 is 1.06 bits per heavy atom. The summed E-state index contributed by atoms with van der Waals surface area (Å²) in [6, 6.07) is 17.1. The second-order valence-corrected chi connectivity index (χ2v) is 9.99. The van der Waals surface area contributed by atoms with Crippen LogP contribution in [0.4, 0.5) is 5.69 Å². The summed E-state index contributed by atoms with van der Waals surface area (Å²) in [6.07, 6.45) is 3.01. The summed E-state index contributed by atoms with van der Waals surface area (Å²) in [7, 11) is -2.61. The normalized spacial score (nSPS) is 11.2. The van der Waals surface area contributed by atoms with E-state index in [4.69, 9.17) is 32.7 Å². The van der Waals surface area contributed by atoms with Crippen molar-refractivity contribution in [2.75, 3.05) is 24.6 Å². The van der Waals surface area contributed by atoms with Gasteiger partial charge in [-0.3, -0.25) is 9.10 Å². The number of rotatable bonds is 11. The maximum Gasteiger partial charge on any atom is 0.264 e.